The fraction of sp³-hybridized carbons (Fsp3) is 0.579. The first-order valence-electron chi connectivity index (χ1n) is 9.47. The van der Waals surface area contributed by atoms with E-state index >= 15 is 0 Å². The van der Waals surface area contributed by atoms with Crippen molar-refractivity contribution in [2.24, 2.45) is 0 Å². The topological polar surface area (TPSA) is 88.1 Å². The van der Waals surface area contributed by atoms with Crippen LogP contribution in [-0.4, -0.2) is 55.7 Å². The molecule has 29 heavy (non-hydrogen) atoms. The highest BCUT2D eigenvalue weighted by Gasteiger charge is 2.36. The smallest absolute Gasteiger partial charge is 0.405 e. The summed E-state index contributed by atoms with van der Waals surface area (Å²) in [6, 6.07) is 4.42. The first-order chi connectivity index (χ1) is 13.8. The number of carbonyl (C=O) groups excluding carboxylic acids is 2. The predicted octanol–water partition coefficient (Wildman–Crippen LogP) is 2.08. The molecule has 0 bridgehead atoms. The summed E-state index contributed by atoms with van der Waals surface area (Å²) in [5.41, 5.74) is 0.665. The van der Waals surface area contributed by atoms with E-state index in [1.54, 1.807) is 6.07 Å². The Morgan fingerprint density at radius 3 is 2.52 bits per heavy atom. The molecule has 2 amide bonds. The van der Waals surface area contributed by atoms with Crippen LogP contribution < -0.4 is 15.0 Å². The highest BCUT2D eigenvalue weighted by molar-refractivity contribution is 6.01. The molecular weight excluding hydrogens is 393 g/mol. The number of ether oxygens (including phenoxy) is 2. The van der Waals surface area contributed by atoms with E-state index in [2.05, 4.69) is 10.1 Å². The number of rotatable bonds is 6. The lowest BCUT2D eigenvalue weighted by Crippen LogP contribution is -2.40. The lowest BCUT2D eigenvalue weighted by atomic mass is 9.89. The largest absolute Gasteiger partial charge is 0.573 e. The number of amides is 2. The normalized spacial score (nSPS) is 21.2. The molecule has 160 valence electrons. The zero-order chi connectivity index (χ0) is 21.0. The molecule has 1 atom stereocenters. The lowest BCUT2D eigenvalue weighted by Gasteiger charge is -2.34. The number of carbonyl (C=O) groups is 2. The molecule has 0 aromatic heterocycles. The third-order valence-corrected chi connectivity index (χ3v) is 5.09. The maximum absolute atomic E-state index is 13.0. The summed E-state index contributed by atoms with van der Waals surface area (Å²) in [7, 11) is 0. The van der Waals surface area contributed by atoms with Gasteiger partial charge in [0.25, 0.3) is 0 Å². The average Bonchev–Trinajstić information content (AvgIpc) is 2.66. The number of piperidine rings is 2. The van der Waals surface area contributed by atoms with Crippen LogP contribution in [0.25, 0.3) is 0 Å². The van der Waals surface area contributed by atoms with Crippen LogP contribution in [0.3, 0.4) is 0 Å². The molecule has 0 saturated carbocycles. The number of nitrogens with zero attached hydrogens (tertiary/aromatic N) is 1. The standard InChI is InChI=1S/C19H23F3N2O5/c20-19(21,22)29-16-11-12(24-7-5-13(6-8-24)28-10-9-25)1-2-14(16)15-3-4-17(26)23-18(15)27/h1-2,11,13,15,25H,3-10H2,(H,23,26,27). The Kier molecular flexibility index (Phi) is 6.63. The monoisotopic (exact) mass is 416 g/mol. The molecule has 2 heterocycles. The van der Waals surface area contributed by atoms with E-state index in [0.29, 0.717) is 31.6 Å². The van der Waals surface area contributed by atoms with Crippen molar-refractivity contribution in [2.45, 2.75) is 44.1 Å². The van der Waals surface area contributed by atoms with Gasteiger partial charge < -0.3 is 19.5 Å². The van der Waals surface area contributed by atoms with Crippen molar-refractivity contribution in [2.75, 3.05) is 31.2 Å². The number of nitrogens with one attached hydrogen (secondary N) is 1. The Bertz CT molecular complexity index is 748. The van der Waals surface area contributed by atoms with Crippen molar-refractivity contribution >= 4 is 17.5 Å². The van der Waals surface area contributed by atoms with Crippen LogP contribution in [0.4, 0.5) is 18.9 Å². The zero-order valence-electron chi connectivity index (χ0n) is 15.7. The van der Waals surface area contributed by atoms with Crippen LogP contribution in [0.1, 0.15) is 37.2 Å². The van der Waals surface area contributed by atoms with Gasteiger partial charge in [0, 0.05) is 36.8 Å². The fourth-order valence-corrected chi connectivity index (χ4v) is 3.71. The predicted molar refractivity (Wildman–Crippen MR) is 96.5 cm³/mol. The van der Waals surface area contributed by atoms with Gasteiger partial charge in [-0.1, -0.05) is 6.07 Å². The molecule has 0 spiro atoms. The van der Waals surface area contributed by atoms with E-state index in [0.717, 1.165) is 0 Å². The quantitative estimate of drug-likeness (QED) is 0.691. The summed E-state index contributed by atoms with van der Waals surface area (Å²) in [4.78, 5) is 25.4. The average molecular weight is 416 g/mol. The number of benzene rings is 1. The Morgan fingerprint density at radius 2 is 1.90 bits per heavy atom. The van der Waals surface area contributed by atoms with Crippen LogP contribution in [0.2, 0.25) is 0 Å². The summed E-state index contributed by atoms with van der Waals surface area (Å²) >= 11 is 0. The van der Waals surface area contributed by atoms with Crippen LogP contribution in [0, 0.1) is 0 Å². The molecule has 2 aliphatic rings. The van der Waals surface area contributed by atoms with Crippen LogP contribution in [0.5, 0.6) is 5.75 Å². The molecule has 0 aliphatic carbocycles. The van der Waals surface area contributed by atoms with Gasteiger partial charge in [0.2, 0.25) is 11.8 Å². The number of aliphatic hydroxyl groups is 1. The number of anilines is 1. The van der Waals surface area contributed by atoms with Crippen molar-refractivity contribution in [1.29, 1.82) is 0 Å². The second-order valence-corrected chi connectivity index (χ2v) is 7.05. The molecule has 2 aliphatic heterocycles. The molecular formula is C19H23F3N2O5. The van der Waals surface area contributed by atoms with Gasteiger partial charge in [-0.15, -0.1) is 13.2 Å². The summed E-state index contributed by atoms with van der Waals surface area (Å²) in [6.45, 7) is 1.37. The number of hydrogen-bond acceptors (Lipinski definition) is 6. The first kappa shape index (κ1) is 21.4. The maximum Gasteiger partial charge on any atom is 0.573 e. The third kappa shape index (κ3) is 5.60. The van der Waals surface area contributed by atoms with Gasteiger partial charge >= 0.3 is 6.36 Å². The maximum atomic E-state index is 13.0. The highest BCUT2D eigenvalue weighted by atomic mass is 19.4. The van der Waals surface area contributed by atoms with Crippen molar-refractivity contribution in [3.8, 4) is 5.75 Å². The van der Waals surface area contributed by atoms with Gasteiger partial charge in [0.05, 0.1) is 25.2 Å². The van der Waals surface area contributed by atoms with E-state index in [1.165, 1.54) is 12.1 Å². The van der Waals surface area contributed by atoms with Crippen LogP contribution >= 0.6 is 0 Å². The highest BCUT2D eigenvalue weighted by Crippen LogP contribution is 2.38. The fourth-order valence-electron chi connectivity index (χ4n) is 3.71. The minimum absolute atomic E-state index is 0.00652. The van der Waals surface area contributed by atoms with Crippen molar-refractivity contribution < 1.29 is 37.3 Å². The molecule has 3 rings (SSSR count). The lowest BCUT2D eigenvalue weighted by molar-refractivity contribution is -0.275. The number of aliphatic hydroxyl groups excluding tert-OH is 1. The van der Waals surface area contributed by atoms with E-state index < -0.39 is 29.8 Å². The van der Waals surface area contributed by atoms with E-state index in [-0.39, 0.29) is 37.7 Å². The second kappa shape index (κ2) is 9.00. The van der Waals surface area contributed by atoms with Gasteiger partial charge in [-0.3, -0.25) is 14.9 Å². The molecule has 1 aromatic rings. The Balaban J connectivity index is 1.79. The van der Waals surface area contributed by atoms with Gasteiger partial charge in [-0.05, 0) is 25.3 Å². The Hall–Kier alpha value is -2.33. The number of alkyl halides is 3. The molecule has 2 N–H and O–H groups in total. The van der Waals surface area contributed by atoms with Crippen molar-refractivity contribution in [1.82, 2.24) is 5.32 Å². The number of halogens is 3. The van der Waals surface area contributed by atoms with Gasteiger partial charge in [0.1, 0.15) is 5.75 Å². The van der Waals surface area contributed by atoms with Crippen molar-refractivity contribution in [3.05, 3.63) is 23.8 Å². The van der Waals surface area contributed by atoms with E-state index in [1.807, 2.05) is 4.90 Å². The minimum atomic E-state index is -4.90. The SMILES string of the molecule is O=C1CCC(c2ccc(N3CCC(OCCO)CC3)cc2OC(F)(F)F)C(=O)N1. The molecule has 0 radical (unpaired) electrons. The van der Waals surface area contributed by atoms with E-state index in [9.17, 15) is 22.8 Å². The summed E-state index contributed by atoms with van der Waals surface area (Å²) < 4.78 is 48.6. The molecule has 1 aromatic carbocycles. The molecule has 2 fully saturated rings. The summed E-state index contributed by atoms with van der Waals surface area (Å²) in [5.74, 6) is -2.37. The Morgan fingerprint density at radius 1 is 1.17 bits per heavy atom. The van der Waals surface area contributed by atoms with E-state index in [4.69, 9.17) is 9.84 Å². The zero-order valence-corrected chi connectivity index (χ0v) is 15.7. The van der Waals surface area contributed by atoms with Crippen molar-refractivity contribution in [3.63, 3.8) is 0 Å². The minimum Gasteiger partial charge on any atom is -0.405 e. The first-order valence-corrected chi connectivity index (χ1v) is 9.47. The van der Waals surface area contributed by atoms with Gasteiger partial charge in [0.15, 0.2) is 0 Å². The number of hydrogen-bond donors (Lipinski definition) is 2. The van der Waals surface area contributed by atoms with Crippen LogP contribution in [-0.2, 0) is 14.3 Å². The van der Waals surface area contributed by atoms with Gasteiger partial charge in [-0.25, -0.2) is 0 Å². The third-order valence-electron chi connectivity index (χ3n) is 5.09. The summed E-state index contributed by atoms with van der Waals surface area (Å²) in [5, 5.41) is 11.0. The molecule has 10 heteroatoms. The molecule has 2 saturated heterocycles. The van der Waals surface area contributed by atoms with Crippen LogP contribution in [0.15, 0.2) is 18.2 Å². The number of imide groups is 1. The molecule has 7 nitrogen and oxygen atoms in total. The molecule has 1 unspecified atom stereocenters. The summed E-state index contributed by atoms with van der Waals surface area (Å²) in [6.07, 6.45) is -3.34. The second-order valence-electron chi connectivity index (χ2n) is 7.05. The Labute approximate surface area is 165 Å². The van der Waals surface area contributed by atoms with Gasteiger partial charge in [-0.2, -0.15) is 0 Å².